The smallest absolute Gasteiger partial charge is 0.138 e. The predicted octanol–water partition coefficient (Wildman–Crippen LogP) is 10.2. The van der Waals surface area contributed by atoms with Crippen molar-refractivity contribution >= 4 is 34.3 Å². The predicted molar refractivity (Wildman–Crippen MR) is 190 cm³/mol. The molecule has 1 atom stereocenters. The number of benzene rings is 3. The number of rotatable bonds is 5. The largest absolute Gasteiger partial charge is 0.324 e. The zero-order chi connectivity index (χ0) is 32.0. The lowest BCUT2D eigenvalue weighted by Crippen LogP contribution is -2.31. The van der Waals surface area contributed by atoms with E-state index in [1.807, 2.05) is 6.21 Å². The molecule has 4 aromatic rings. The van der Waals surface area contributed by atoms with E-state index >= 15 is 0 Å². The monoisotopic (exact) mass is 586 g/mol. The highest BCUT2D eigenvalue weighted by molar-refractivity contribution is 6.17. The minimum Gasteiger partial charge on any atom is -0.324 e. The van der Waals surface area contributed by atoms with Gasteiger partial charge in [-0.25, -0.2) is 4.98 Å². The Kier molecular flexibility index (Phi) is 8.35. The summed E-state index contributed by atoms with van der Waals surface area (Å²) in [6.45, 7) is 25.9. The number of pyridine rings is 1. The maximum absolute atomic E-state index is 5.26. The summed E-state index contributed by atoms with van der Waals surface area (Å²) < 4.78 is 0. The standard InChI is InChI=1S/C40H50N4/c1-26(2)34-25-44(30-17-13-12-14-18-30)37(43-34)31-19-15-16-27-20-21-29(42-35(27)31)24-41-36-32(39(6,7)8)22-28(38(3,4)5)23-33(36)40(9,10)11/h12-24,26,34H,25H2,1-11H3. The molecule has 1 aromatic heterocycles. The van der Waals surface area contributed by atoms with Crippen LogP contribution in [-0.2, 0) is 16.2 Å². The Hall–Kier alpha value is -3.79. The van der Waals surface area contributed by atoms with Crippen molar-refractivity contribution < 1.29 is 0 Å². The van der Waals surface area contributed by atoms with Crippen LogP contribution in [0.3, 0.4) is 0 Å². The van der Waals surface area contributed by atoms with Gasteiger partial charge >= 0.3 is 0 Å². The molecule has 0 radical (unpaired) electrons. The van der Waals surface area contributed by atoms with E-state index in [0.717, 1.165) is 45.9 Å². The second-order valence-electron chi connectivity index (χ2n) is 15.8. The summed E-state index contributed by atoms with van der Waals surface area (Å²) in [7, 11) is 0. The zero-order valence-corrected chi connectivity index (χ0v) is 28.7. The van der Waals surface area contributed by atoms with E-state index in [0.29, 0.717) is 5.92 Å². The third-order valence-corrected chi connectivity index (χ3v) is 8.65. The van der Waals surface area contributed by atoms with E-state index in [2.05, 4.69) is 154 Å². The molecule has 4 heteroatoms. The molecular weight excluding hydrogens is 536 g/mol. The highest BCUT2D eigenvalue weighted by Gasteiger charge is 2.31. The van der Waals surface area contributed by atoms with Gasteiger partial charge in [-0.2, -0.15) is 0 Å². The van der Waals surface area contributed by atoms with Crippen molar-refractivity contribution in [1.29, 1.82) is 0 Å². The van der Waals surface area contributed by atoms with Crippen LogP contribution in [0, 0.1) is 5.92 Å². The quantitative estimate of drug-likeness (QED) is 0.218. The maximum Gasteiger partial charge on any atom is 0.138 e. The second-order valence-corrected chi connectivity index (χ2v) is 15.8. The van der Waals surface area contributed by atoms with Gasteiger partial charge in [0.25, 0.3) is 0 Å². The highest BCUT2D eigenvalue weighted by Crippen LogP contribution is 2.43. The van der Waals surface area contributed by atoms with Gasteiger partial charge in [0.1, 0.15) is 5.84 Å². The Labute approximate surface area is 265 Å². The van der Waals surface area contributed by atoms with Gasteiger partial charge in [-0.15, -0.1) is 0 Å². The fraction of sp³-hybridized carbons (Fsp3) is 0.425. The van der Waals surface area contributed by atoms with Crippen molar-refractivity contribution in [2.45, 2.75) is 98.4 Å². The molecule has 0 aliphatic carbocycles. The molecule has 1 aliphatic heterocycles. The number of nitrogens with zero attached hydrogens (tertiary/aromatic N) is 4. The first-order chi connectivity index (χ1) is 20.5. The number of aromatic nitrogens is 1. The molecule has 230 valence electrons. The van der Waals surface area contributed by atoms with Crippen molar-refractivity contribution in [3.05, 3.63) is 101 Å². The van der Waals surface area contributed by atoms with Gasteiger partial charge in [-0.05, 0) is 63.1 Å². The van der Waals surface area contributed by atoms with E-state index in [1.165, 1.54) is 16.7 Å². The number of amidine groups is 1. The van der Waals surface area contributed by atoms with E-state index < -0.39 is 0 Å². The third-order valence-electron chi connectivity index (χ3n) is 8.65. The van der Waals surface area contributed by atoms with E-state index in [-0.39, 0.29) is 22.3 Å². The summed E-state index contributed by atoms with van der Waals surface area (Å²) in [6, 6.07) is 26.2. The Balaban J connectivity index is 1.64. The molecular formula is C40H50N4. The van der Waals surface area contributed by atoms with Crippen molar-refractivity contribution in [2.24, 2.45) is 15.9 Å². The van der Waals surface area contributed by atoms with Crippen LogP contribution in [0.15, 0.2) is 82.8 Å². The molecule has 0 saturated carbocycles. The van der Waals surface area contributed by atoms with Gasteiger partial charge in [0.2, 0.25) is 0 Å². The van der Waals surface area contributed by atoms with Crippen molar-refractivity contribution in [3.8, 4) is 0 Å². The molecule has 1 aliphatic rings. The Morgan fingerprint density at radius 2 is 1.41 bits per heavy atom. The lowest BCUT2D eigenvalue weighted by atomic mass is 9.74. The molecule has 5 rings (SSSR count). The van der Waals surface area contributed by atoms with Crippen LogP contribution in [0.2, 0.25) is 0 Å². The molecule has 0 N–H and O–H groups in total. The average Bonchev–Trinajstić information content (AvgIpc) is 3.40. The van der Waals surface area contributed by atoms with Crippen LogP contribution in [0.4, 0.5) is 11.4 Å². The minimum atomic E-state index is -0.0631. The Morgan fingerprint density at radius 3 is 1.98 bits per heavy atom. The summed E-state index contributed by atoms with van der Waals surface area (Å²) in [5, 5.41) is 1.10. The van der Waals surface area contributed by atoms with E-state index in [9.17, 15) is 0 Å². The number of hydrogen-bond acceptors (Lipinski definition) is 4. The Bertz CT molecular complexity index is 1670. The average molecular weight is 587 g/mol. The molecule has 1 unspecified atom stereocenters. The second kappa shape index (κ2) is 11.6. The maximum atomic E-state index is 5.26. The SMILES string of the molecule is CC(C)C1CN(c2ccccc2)C(c2cccc3ccc(C=Nc4c(C(C)(C)C)cc(C(C)(C)C)cc4C(C)(C)C)nc23)=N1. The van der Waals surface area contributed by atoms with Gasteiger partial charge in [0.15, 0.2) is 0 Å². The fourth-order valence-electron chi connectivity index (χ4n) is 5.85. The molecule has 0 saturated heterocycles. The number of hydrogen-bond donors (Lipinski definition) is 0. The molecule has 0 amide bonds. The number of anilines is 1. The van der Waals surface area contributed by atoms with Crippen molar-refractivity contribution in [1.82, 2.24) is 4.98 Å². The van der Waals surface area contributed by atoms with Crippen LogP contribution in [0.1, 0.15) is 104 Å². The number of aliphatic imine (C=N–C) groups is 2. The molecule has 0 spiro atoms. The summed E-state index contributed by atoms with van der Waals surface area (Å²) >= 11 is 0. The van der Waals surface area contributed by atoms with Crippen LogP contribution in [0.25, 0.3) is 10.9 Å². The molecule has 44 heavy (non-hydrogen) atoms. The van der Waals surface area contributed by atoms with Gasteiger partial charge in [-0.1, -0.05) is 125 Å². The van der Waals surface area contributed by atoms with Crippen LogP contribution >= 0.6 is 0 Å². The van der Waals surface area contributed by atoms with E-state index in [1.54, 1.807) is 0 Å². The molecule has 2 heterocycles. The third kappa shape index (κ3) is 6.50. The normalized spacial score (nSPS) is 16.4. The van der Waals surface area contributed by atoms with Gasteiger partial charge in [0.05, 0.1) is 29.2 Å². The summed E-state index contributed by atoms with van der Waals surface area (Å²) in [6.07, 6.45) is 1.95. The van der Waals surface area contributed by atoms with Gasteiger partial charge in [-0.3, -0.25) is 9.98 Å². The highest BCUT2D eigenvalue weighted by atomic mass is 15.3. The molecule has 3 aromatic carbocycles. The van der Waals surface area contributed by atoms with Crippen molar-refractivity contribution in [2.75, 3.05) is 11.4 Å². The minimum absolute atomic E-state index is 0.0454. The molecule has 0 fully saturated rings. The molecule has 4 nitrogen and oxygen atoms in total. The molecule has 0 bridgehead atoms. The van der Waals surface area contributed by atoms with Crippen molar-refractivity contribution in [3.63, 3.8) is 0 Å². The summed E-state index contributed by atoms with van der Waals surface area (Å²) in [5.74, 6) is 1.44. The van der Waals surface area contributed by atoms with Crippen LogP contribution in [0.5, 0.6) is 0 Å². The topological polar surface area (TPSA) is 40.9 Å². The first-order valence-electron chi connectivity index (χ1n) is 16.1. The van der Waals surface area contributed by atoms with Gasteiger partial charge in [0, 0.05) is 23.2 Å². The van der Waals surface area contributed by atoms with Crippen LogP contribution < -0.4 is 4.90 Å². The van der Waals surface area contributed by atoms with Crippen LogP contribution in [-0.4, -0.2) is 29.6 Å². The fourth-order valence-corrected chi connectivity index (χ4v) is 5.85. The number of para-hydroxylation sites is 2. The lowest BCUT2D eigenvalue weighted by Gasteiger charge is -2.32. The Morgan fingerprint density at radius 1 is 0.773 bits per heavy atom. The summed E-state index contributed by atoms with van der Waals surface area (Å²) in [4.78, 5) is 18.1. The first kappa shape index (κ1) is 31.6. The van der Waals surface area contributed by atoms with E-state index in [4.69, 9.17) is 15.0 Å². The summed E-state index contributed by atoms with van der Waals surface area (Å²) in [5.41, 5.74) is 8.88. The number of fused-ring (bicyclic) bond motifs is 1. The zero-order valence-electron chi connectivity index (χ0n) is 28.7. The lowest BCUT2D eigenvalue weighted by molar-refractivity contribution is 0.521. The first-order valence-corrected chi connectivity index (χ1v) is 16.1. The van der Waals surface area contributed by atoms with Gasteiger partial charge < -0.3 is 4.90 Å².